The van der Waals surface area contributed by atoms with Crippen molar-refractivity contribution >= 4 is 17.1 Å². The summed E-state index contributed by atoms with van der Waals surface area (Å²) in [6.07, 6.45) is 0.262. The van der Waals surface area contributed by atoms with Crippen LogP contribution >= 0.6 is 0 Å². The lowest BCUT2D eigenvalue weighted by Gasteiger charge is -2.23. The summed E-state index contributed by atoms with van der Waals surface area (Å²) in [5, 5.41) is 20.2. The monoisotopic (exact) mass is 297 g/mol. The molecule has 0 saturated carbocycles. The number of hydrogen-bond acceptors (Lipinski definition) is 5. The summed E-state index contributed by atoms with van der Waals surface area (Å²) in [6, 6.07) is 16.0. The number of hydrogen-bond donors (Lipinski definition) is 0. The topological polar surface area (TPSA) is 79.4 Å². The zero-order chi connectivity index (χ0) is 15.9. The number of methoxy groups -OCH3 is 1. The summed E-state index contributed by atoms with van der Waals surface area (Å²) in [4.78, 5) is 12.7. The van der Waals surface area contributed by atoms with Crippen LogP contribution in [0.2, 0.25) is 0 Å². The van der Waals surface area contributed by atoms with Gasteiger partial charge in [-0.15, -0.1) is 0 Å². The molecule has 0 unspecified atom stereocenters. The van der Waals surface area contributed by atoms with E-state index in [9.17, 15) is 10.1 Å². The van der Waals surface area contributed by atoms with Crippen LogP contribution in [0, 0.1) is 21.4 Å². The van der Waals surface area contributed by atoms with Gasteiger partial charge in [-0.05, 0) is 24.3 Å². The van der Waals surface area contributed by atoms with Crippen LogP contribution in [0.3, 0.4) is 0 Å². The van der Waals surface area contributed by atoms with Crippen molar-refractivity contribution in [2.24, 2.45) is 0 Å². The molecule has 112 valence electrons. The number of nitro groups is 1. The minimum absolute atomic E-state index is 0.0545. The minimum Gasteiger partial charge on any atom is -0.496 e. The number of nitro benzene ring substituents is 1. The fourth-order valence-corrected chi connectivity index (χ4v) is 2.16. The highest BCUT2D eigenvalue weighted by atomic mass is 16.6. The Morgan fingerprint density at radius 1 is 1.27 bits per heavy atom. The maximum Gasteiger partial charge on any atom is 0.296 e. The molecule has 2 aromatic rings. The first-order chi connectivity index (χ1) is 10.7. The van der Waals surface area contributed by atoms with Crippen LogP contribution < -0.4 is 9.64 Å². The molecule has 0 aliphatic heterocycles. The lowest BCUT2D eigenvalue weighted by atomic mass is 10.2. The van der Waals surface area contributed by atoms with E-state index in [1.54, 1.807) is 17.0 Å². The second kappa shape index (κ2) is 7.09. The number of nitriles is 1. The van der Waals surface area contributed by atoms with E-state index < -0.39 is 4.92 Å². The second-order valence-corrected chi connectivity index (χ2v) is 4.51. The number of nitrogens with zero attached hydrogens (tertiary/aromatic N) is 3. The highest BCUT2D eigenvalue weighted by molar-refractivity contribution is 5.73. The zero-order valence-corrected chi connectivity index (χ0v) is 12.1. The van der Waals surface area contributed by atoms with E-state index in [4.69, 9.17) is 10.00 Å². The number of ether oxygens (including phenoxy) is 1. The first kappa shape index (κ1) is 15.3. The summed E-state index contributed by atoms with van der Waals surface area (Å²) >= 11 is 0. The van der Waals surface area contributed by atoms with E-state index >= 15 is 0 Å². The SMILES string of the molecule is COc1ccc(N(CCC#N)c2ccccc2)c([N+](=O)[O-])c1. The Hall–Kier alpha value is -3.07. The number of para-hydroxylation sites is 1. The molecule has 0 N–H and O–H groups in total. The lowest BCUT2D eigenvalue weighted by molar-refractivity contribution is -0.384. The van der Waals surface area contributed by atoms with Gasteiger partial charge in [0.1, 0.15) is 11.4 Å². The molecule has 0 aliphatic carbocycles. The van der Waals surface area contributed by atoms with E-state index in [-0.39, 0.29) is 12.1 Å². The third-order valence-electron chi connectivity index (χ3n) is 3.19. The first-order valence-corrected chi connectivity index (χ1v) is 6.69. The molecule has 0 heterocycles. The Bertz CT molecular complexity index is 696. The average Bonchev–Trinajstić information content (AvgIpc) is 2.56. The van der Waals surface area contributed by atoms with Gasteiger partial charge in [0.15, 0.2) is 0 Å². The van der Waals surface area contributed by atoms with Gasteiger partial charge in [-0.2, -0.15) is 5.26 Å². The Kier molecular flexibility index (Phi) is 4.94. The third-order valence-corrected chi connectivity index (χ3v) is 3.19. The maximum absolute atomic E-state index is 11.4. The molecule has 0 amide bonds. The standard InChI is InChI=1S/C16H15N3O3/c1-22-14-8-9-15(16(12-14)19(20)21)18(11-5-10-17)13-6-3-2-4-7-13/h2-4,6-9,12H,5,11H2,1H3. The van der Waals surface area contributed by atoms with E-state index in [1.165, 1.54) is 13.2 Å². The maximum atomic E-state index is 11.4. The predicted molar refractivity (Wildman–Crippen MR) is 83.3 cm³/mol. The Morgan fingerprint density at radius 3 is 2.59 bits per heavy atom. The molecule has 0 aromatic heterocycles. The summed E-state index contributed by atoms with van der Waals surface area (Å²) in [7, 11) is 1.46. The van der Waals surface area contributed by atoms with E-state index in [2.05, 4.69) is 6.07 Å². The van der Waals surface area contributed by atoms with E-state index in [0.717, 1.165) is 5.69 Å². The van der Waals surface area contributed by atoms with Crippen molar-refractivity contribution in [3.8, 4) is 11.8 Å². The highest BCUT2D eigenvalue weighted by Gasteiger charge is 2.21. The minimum atomic E-state index is -0.444. The Morgan fingerprint density at radius 2 is 2.00 bits per heavy atom. The van der Waals surface area contributed by atoms with Crippen molar-refractivity contribution in [1.29, 1.82) is 5.26 Å². The van der Waals surface area contributed by atoms with Crippen molar-refractivity contribution in [1.82, 2.24) is 0 Å². The van der Waals surface area contributed by atoms with Gasteiger partial charge in [-0.25, -0.2) is 0 Å². The molecular formula is C16H15N3O3. The molecular weight excluding hydrogens is 282 g/mol. The van der Waals surface area contributed by atoms with Gasteiger partial charge in [-0.3, -0.25) is 10.1 Å². The van der Waals surface area contributed by atoms with Crippen molar-refractivity contribution in [2.75, 3.05) is 18.6 Å². The fourth-order valence-electron chi connectivity index (χ4n) is 2.16. The zero-order valence-electron chi connectivity index (χ0n) is 12.1. The Balaban J connectivity index is 2.52. The van der Waals surface area contributed by atoms with Crippen LogP contribution in [0.25, 0.3) is 0 Å². The molecule has 6 nitrogen and oxygen atoms in total. The summed E-state index contributed by atoms with van der Waals surface area (Å²) in [5.74, 6) is 0.420. The van der Waals surface area contributed by atoms with Crippen LogP contribution in [0.4, 0.5) is 17.1 Å². The average molecular weight is 297 g/mol. The van der Waals surface area contributed by atoms with E-state index in [1.807, 2.05) is 30.3 Å². The smallest absolute Gasteiger partial charge is 0.296 e. The first-order valence-electron chi connectivity index (χ1n) is 6.69. The van der Waals surface area contributed by atoms with E-state index in [0.29, 0.717) is 18.0 Å². The summed E-state index contributed by atoms with van der Waals surface area (Å²) in [5.41, 5.74) is 1.18. The predicted octanol–water partition coefficient (Wildman–Crippen LogP) is 3.66. The van der Waals surface area contributed by atoms with Crippen LogP contribution in [0.5, 0.6) is 5.75 Å². The van der Waals surface area contributed by atoms with Crippen LogP contribution in [0.15, 0.2) is 48.5 Å². The number of rotatable bonds is 6. The molecule has 0 aliphatic rings. The van der Waals surface area contributed by atoms with Gasteiger partial charge in [0, 0.05) is 12.2 Å². The second-order valence-electron chi connectivity index (χ2n) is 4.51. The molecule has 2 rings (SSSR count). The van der Waals surface area contributed by atoms with Gasteiger partial charge in [-0.1, -0.05) is 18.2 Å². The molecule has 0 radical (unpaired) electrons. The number of anilines is 2. The van der Waals surface area contributed by atoms with Gasteiger partial charge < -0.3 is 9.64 Å². The van der Waals surface area contributed by atoms with Crippen molar-refractivity contribution in [3.63, 3.8) is 0 Å². The van der Waals surface area contributed by atoms with Gasteiger partial charge in [0.25, 0.3) is 5.69 Å². The lowest BCUT2D eigenvalue weighted by Crippen LogP contribution is -2.19. The van der Waals surface area contributed by atoms with Crippen molar-refractivity contribution < 1.29 is 9.66 Å². The molecule has 2 aromatic carbocycles. The molecule has 6 heteroatoms. The van der Waals surface area contributed by atoms with Crippen LogP contribution in [-0.4, -0.2) is 18.6 Å². The van der Waals surface area contributed by atoms with Crippen LogP contribution in [-0.2, 0) is 0 Å². The third kappa shape index (κ3) is 3.33. The van der Waals surface area contributed by atoms with Crippen LogP contribution in [0.1, 0.15) is 6.42 Å². The summed E-state index contributed by atoms with van der Waals surface area (Å²) < 4.78 is 5.05. The molecule has 0 saturated heterocycles. The van der Waals surface area contributed by atoms with Crippen molar-refractivity contribution in [3.05, 3.63) is 58.6 Å². The quantitative estimate of drug-likeness (QED) is 0.600. The Labute approximate surface area is 128 Å². The number of benzene rings is 2. The largest absolute Gasteiger partial charge is 0.496 e. The molecule has 0 fully saturated rings. The summed E-state index contributed by atoms with van der Waals surface area (Å²) in [6.45, 7) is 0.369. The van der Waals surface area contributed by atoms with Gasteiger partial charge in [0.2, 0.25) is 0 Å². The molecule has 0 atom stereocenters. The molecule has 0 spiro atoms. The van der Waals surface area contributed by atoms with Crippen molar-refractivity contribution in [2.45, 2.75) is 6.42 Å². The molecule has 0 bridgehead atoms. The fraction of sp³-hybridized carbons (Fsp3) is 0.188. The van der Waals surface area contributed by atoms with Gasteiger partial charge >= 0.3 is 0 Å². The normalized spacial score (nSPS) is 9.82. The van der Waals surface area contributed by atoms with Gasteiger partial charge in [0.05, 0.1) is 30.6 Å². The molecule has 22 heavy (non-hydrogen) atoms. The highest BCUT2D eigenvalue weighted by Crippen LogP contribution is 2.36.